The quantitative estimate of drug-likeness (QED) is 0.543. The van der Waals surface area contributed by atoms with Gasteiger partial charge in [-0.25, -0.2) is 14.2 Å². The van der Waals surface area contributed by atoms with Crippen molar-refractivity contribution in [2.24, 2.45) is 0 Å². The first-order chi connectivity index (χ1) is 13.6. The molecular formula is C21H29N5O3. The number of amides is 1. The van der Waals surface area contributed by atoms with E-state index in [1.54, 1.807) is 58.2 Å². The number of allylic oxidation sites excluding steroid dienone is 2. The van der Waals surface area contributed by atoms with Gasteiger partial charge in [0.2, 0.25) is 0 Å². The fourth-order valence-electron chi connectivity index (χ4n) is 2.68. The van der Waals surface area contributed by atoms with E-state index in [1.165, 1.54) is 4.57 Å². The molecule has 2 rings (SSSR count). The maximum absolute atomic E-state index is 12.6. The molecule has 0 unspecified atom stereocenters. The summed E-state index contributed by atoms with van der Waals surface area (Å²) in [6, 6.07) is 6.85. The molecule has 0 aliphatic carbocycles. The van der Waals surface area contributed by atoms with E-state index in [4.69, 9.17) is 10.1 Å². The van der Waals surface area contributed by atoms with E-state index < -0.39 is 11.7 Å². The van der Waals surface area contributed by atoms with Gasteiger partial charge in [0.25, 0.3) is 0 Å². The minimum atomic E-state index is -0.613. The molecule has 29 heavy (non-hydrogen) atoms. The van der Waals surface area contributed by atoms with Crippen LogP contribution in [0.25, 0.3) is 5.69 Å². The second-order valence-corrected chi connectivity index (χ2v) is 7.67. The van der Waals surface area contributed by atoms with Crippen molar-refractivity contribution in [2.45, 2.75) is 46.6 Å². The molecule has 8 heteroatoms. The van der Waals surface area contributed by atoms with Crippen LogP contribution in [0.15, 0.2) is 40.7 Å². The lowest BCUT2D eigenvalue weighted by molar-refractivity contribution is 0.0636. The van der Waals surface area contributed by atoms with Crippen molar-refractivity contribution < 1.29 is 9.53 Å². The fourth-order valence-corrected chi connectivity index (χ4v) is 2.68. The third kappa shape index (κ3) is 5.60. The normalized spacial score (nSPS) is 11.9. The van der Waals surface area contributed by atoms with Crippen LogP contribution in [0.5, 0.6) is 0 Å². The largest absolute Gasteiger partial charge is 0.444 e. The summed E-state index contributed by atoms with van der Waals surface area (Å²) in [5, 5.41) is 14.0. The zero-order valence-corrected chi connectivity index (χ0v) is 17.8. The highest BCUT2D eigenvalue weighted by atomic mass is 16.6. The minimum Gasteiger partial charge on any atom is -0.444 e. The van der Waals surface area contributed by atoms with E-state index in [2.05, 4.69) is 15.6 Å². The molecule has 0 aliphatic rings. The first-order valence-electron chi connectivity index (χ1n) is 9.45. The van der Waals surface area contributed by atoms with Crippen molar-refractivity contribution in [2.75, 3.05) is 17.7 Å². The van der Waals surface area contributed by atoms with E-state index >= 15 is 0 Å². The Morgan fingerprint density at radius 1 is 1.34 bits per heavy atom. The lowest BCUT2D eigenvalue weighted by Gasteiger charge is -2.19. The number of aromatic nitrogens is 2. The van der Waals surface area contributed by atoms with Crippen molar-refractivity contribution in [1.82, 2.24) is 9.55 Å². The molecule has 1 aromatic carbocycles. The third-order valence-corrected chi connectivity index (χ3v) is 4.10. The van der Waals surface area contributed by atoms with Crippen molar-refractivity contribution in [3.8, 4) is 5.69 Å². The van der Waals surface area contributed by atoms with Gasteiger partial charge in [-0.3, -0.25) is 10.7 Å². The second-order valence-electron chi connectivity index (χ2n) is 7.67. The van der Waals surface area contributed by atoms with Crippen molar-refractivity contribution in [1.29, 1.82) is 5.41 Å². The Hall–Kier alpha value is -3.29. The molecule has 1 aromatic heterocycles. The predicted molar refractivity (Wildman–Crippen MR) is 117 cm³/mol. The van der Waals surface area contributed by atoms with E-state index in [9.17, 15) is 9.59 Å². The van der Waals surface area contributed by atoms with E-state index in [1.807, 2.05) is 13.8 Å². The van der Waals surface area contributed by atoms with Gasteiger partial charge in [0.15, 0.2) is 0 Å². The zero-order valence-electron chi connectivity index (χ0n) is 17.8. The van der Waals surface area contributed by atoms with E-state index in [0.29, 0.717) is 22.9 Å². The van der Waals surface area contributed by atoms with Crippen molar-refractivity contribution in [3.63, 3.8) is 0 Å². The Morgan fingerprint density at radius 2 is 2.03 bits per heavy atom. The lowest BCUT2D eigenvalue weighted by Crippen LogP contribution is -2.27. The monoisotopic (exact) mass is 399 g/mol. The van der Waals surface area contributed by atoms with Crippen LogP contribution < -0.4 is 16.3 Å². The minimum absolute atomic E-state index is 0.215. The standard InChI is InChI=1S/C21H29N5O3/c1-7-13(2)11-16(22)17-18(23-6)26(19(27)25-17)15-10-8-9-14(12-15)24-20(28)29-21(3,4)5/h8-12,22-23H,7H2,1-6H3,(H,24,28)(H,25,27)/b13-11+,22-16?. The smallest absolute Gasteiger partial charge is 0.412 e. The number of H-pyrrole nitrogens is 1. The fraction of sp³-hybridized carbons (Fsp3) is 0.381. The highest BCUT2D eigenvalue weighted by Crippen LogP contribution is 2.21. The number of aromatic amines is 1. The van der Waals surface area contributed by atoms with Crippen molar-refractivity contribution in [3.05, 3.63) is 52.1 Å². The van der Waals surface area contributed by atoms with Gasteiger partial charge < -0.3 is 15.0 Å². The highest BCUT2D eigenvalue weighted by molar-refractivity contribution is 6.08. The Morgan fingerprint density at radius 3 is 2.62 bits per heavy atom. The summed E-state index contributed by atoms with van der Waals surface area (Å²) in [4.78, 5) is 27.4. The summed E-state index contributed by atoms with van der Waals surface area (Å²) >= 11 is 0. The average molecular weight is 399 g/mol. The summed E-state index contributed by atoms with van der Waals surface area (Å²) in [7, 11) is 1.69. The lowest BCUT2D eigenvalue weighted by atomic mass is 10.1. The van der Waals surface area contributed by atoms with Gasteiger partial charge in [0.05, 0.1) is 11.4 Å². The maximum Gasteiger partial charge on any atom is 0.412 e. The van der Waals surface area contributed by atoms with Crippen LogP contribution in [0.4, 0.5) is 16.3 Å². The Labute approximate surface area is 170 Å². The summed E-state index contributed by atoms with van der Waals surface area (Å²) < 4.78 is 6.70. The number of ether oxygens (including phenoxy) is 1. The SMILES string of the molecule is CC/C(C)=C/C(=N)c1[nH]c(=O)n(-c2cccc(NC(=O)OC(C)(C)C)c2)c1NC. The Balaban J connectivity index is 2.42. The molecule has 2 aromatic rings. The number of carbonyl (C=O) groups is 1. The van der Waals surface area contributed by atoms with E-state index in [0.717, 1.165) is 12.0 Å². The number of imidazole rings is 1. The highest BCUT2D eigenvalue weighted by Gasteiger charge is 2.19. The number of nitrogens with one attached hydrogen (secondary N) is 4. The molecule has 0 aliphatic heterocycles. The van der Waals surface area contributed by atoms with Gasteiger partial charge >= 0.3 is 11.8 Å². The number of nitrogens with zero attached hydrogens (tertiary/aromatic N) is 1. The Kier molecular flexibility index (Phi) is 6.68. The van der Waals surface area contributed by atoms with Gasteiger partial charge in [0.1, 0.15) is 17.1 Å². The number of hydrogen-bond acceptors (Lipinski definition) is 5. The topological polar surface area (TPSA) is 112 Å². The first kappa shape index (κ1) is 22.0. The second kappa shape index (κ2) is 8.81. The van der Waals surface area contributed by atoms with E-state index in [-0.39, 0.29) is 11.4 Å². The van der Waals surface area contributed by atoms with Crippen LogP contribution >= 0.6 is 0 Å². The summed E-state index contributed by atoms with van der Waals surface area (Å²) in [6.07, 6.45) is 1.98. The average Bonchev–Trinajstić information content (AvgIpc) is 2.96. The van der Waals surface area contributed by atoms with Gasteiger partial charge in [-0.05, 0) is 58.4 Å². The van der Waals surface area contributed by atoms with Gasteiger partial charge in [-0.2, -0.15) is 0 Å². The molecular weight excluding hydrogens is 370 g/mol. The number of anilines is 2. The molecule has 4 N–H and O–H groups in total. The van der Waals surface area contributed by atoms with Gasteiger partial charge in [-0.1, -0.05) is 18.6 Å². The molecule has 0 spiro atoms. The van der Waals surface area contributed by atoms with Crippen LogP contribution in [0.1, 0.15) is 46.7 Å². The molecule has 0 radical (unpaired) electrons. The number of carbonyl (C=O) groups excluding carboxylic acids is 1. The van der Waals surface area contributed by atoms with Crippen LogP contribution in [0, 0.1) is 5.41 Å². The predicted octanol–water partition coefficient (Wildman–Crippen LogP) is 4.28. The molecule has 0 fully saturated rings. The van der Waals surface area contributed by atoms with Crippen molar-refractivity contribution >= 4 is 23.3 Å². The molecule has 1 heterocycles. The maximum atomic E-state index is 12.6. The first-order valence-corrected chi connectivity index (χ1v) is 9.45. The number of rotatable bonds is 6. The van der Waals surface area contributed by atoms with Crippen LogP contribution in [0.3, 0.4) is 0 Å². The molecule has 0 bridgehead atoms. The molecule has 0 atom stereocenters. The molecule has 0 saturated heterocycles. The van der Waals surface area contributed by atoms with Crippen LogP contribution in [-0.4, -0.2) is 34.0 Å². The molecule has 0 saturated carbocycles. The summed E-state index contributed by atoms with van der Waals surface area (Å²) in [6.45, 7) is 9.30. The molecule has 156 valence electrons. The zero-order chi connectivity index (χ0) is 21.8. The summed E-state index contributed by atoms with van der Waals surface area (Å²) in [5.74, 6) is 0.467. The third-order valence-electron chi connectivity index (χ3n) is 4.10. The number of hydrogen-bond donors (Lipinski definition) is 4. The molecule has 1 amide bonds. The molecule has 8 nitrogen and oxygen atoms in total. The Bertz CT molecular complexity index is 992. The van der Waals surface area contributed by atoms with Gasteiger partial charge in [0, 0.05) is 12.7 Å². The summed E-state index contributed by atoms with van der Waals surface area (Å²) in [5.41, 5.74) is 1.69. The van der Waals surface area contributed by atoms with Crippen LogP contribution in [-0.2, 0) is 4.74 Å². The van der Waals surface area contributed by atoms with Crippen LogP contribution in [0.2, 0.25) is 0 Å². The number of benzene rings is 1. The van der Waals surface area contributed by atoms with Gasteiger partial charge in [-0.15, -0.1) is 0 Å².